The Kier molecular flexibility index (Phi) is 3.40. The van der Waals surface area contributed by atoms with Gasteiger partial charge < -0.3 is 0 Å². The molecule has 0 radical (unpaired) electrons. The van der Waals surface area contributed by atoms with E-state index in [0.29, 0.717) is 5.75 Å². The quantitative estimate of drug-likeness (QED) is 0.597. The topological polar surface area (TPSA) is 35.5 Å². The summed E-state index contributed by atoms with van der Waals surface area (Å²) < 4.78 is 0. The molecular weight excluding hydrogens is 216 g/mol. The molecule has 17 heavy (non-hydrogen) atoms. The number of carbonyl (C=O) groups is 1. The Morgan fingerprint density at radius 3 is 2.06 bits per heavy atom. The second-order valence-corrected chi connectivity index (χ2v) is 3.55. The van der Waals surface area contributed by atoms with Crippen LogP contribution in [0.1, 0.15) is 6.92 Å². The molecule has 0 aromatic heterocycles. The number of carbonyl (C=O) groups excluding carboxylic acids is 1. The van der Waals surface area contributed by atoms with Gasteiger partial charge in [0.05, 0.1) is 0 Å². The van der Waals surface area contributed by atoms with Gasteiger partial charge in [-0.1, -0.05) is 42.5 Å². The van der Waals surface area contributed by atoms with E-state index in [9.17, 15) is 4.79 Å². The average molecular weight is 228 g/mol. The van der Waals surface area contributed by atoms with Crippen LogP contribution in [0.15, 0.2) is 54.6 Å². The van der Waals surface area contributed by atoms with Crippen LogP contribution in [0.2, 0.25) is 0 Å². The van der Waals surface area contributed by atoms with Crippen LogP contribution in [0.5, 0.6) is 5.75 Å². The third-order valence-electron chi connectivity index (χ3n) is 2.22. The van der Waals surface area contributed by atoms with Gasteiger partial charge in [0.15, 0.2) is 5.75 Å². The van der Waals surface area contributed by atoms with Gasteiger partial charge in [0.1, 0.15) is 0 Å². The molecule has 0 heterocycles. The van der Waals surface area contributed by atoms with E-state index in [2.05, 4.69) is 4.89 Å². The van der Waals surface area contributed by atoms with Gasteiger partial charge in [0, 0.05) is 6.92 Å². The van der Waals surface area contributed by atoms with Gasteiger partial charge in [-0.05, 0) is 23.3 Å². The van der Waals surface area contributed by atoms with Gasteiger partial charge in [0.2, 0.25) is 0 Å². The summed E-state index contributed by atoms with van der Waals surface area (Å²) in [6.07, 6.45) is 0. The summed E-state index contributed by atoms with van der Waals surface area (Å²) in [5, 5.41) is 0. The maximum Gasteiger partial charge on any atom is 0.352 e. The molecule has 86 valence electrons. The maximum absolute atomic E-state index is 10.6. The van der Waals surface area contributed by atoms with E-state index in [1.165, 1.54) is 6.92 Å². The molecule has 0 spiro atoms. The molecule has 2 rings (SSSR count). The largest absolute Gasteiger partial charge is 0.352 e. The smallest absolute Gasteiger partial charge is 0.287 e. The van der Waals surface area contributed by atoms with Crippen LogP contribution in [0.4, 0.5) is 0 Å². The van der Waals surface area contributed by atoms with E-state index in [-0.39, 0.29) is 0 Å². The highest BCUT2D eigenvalue weighted by Gasteiger charge is 2.00. The maximum atomic E-state index is 10.6. The van der Waals surface area contributed by atoms with Crippen LogP contribution in [0, 0.1) is 0 Å². The fraction of sp³-hybridized carbons (Fsp3) is 0.0714. The third-order valence-corrected chi connectivity index (χ3v) is 2.22. The number of hydrogen-bond donors (Lipinski definition) is 0. The van der Waals surface area contributed by atoms with E-state index in [4.69, 9.17) is 4.89 Å². The summed E-state index contributed by atoms with van der Waals surface area (Å²) in [6.45, 7) is 1.29. The Balaban J connectivity index is 2.11. The van der Waals surface area contributed by atoms with Gasteiger partial charge in [-0.2, -0.15) is 0 Å². The minimum absolute atomic E-state index is 0.475. The Morgan fingerprint density at radius 1 is 0.882 bits per heavy atom. The molecule has 0 aliphatic carbocycles. The van der Waals surface area contributed by atoms with Crippen LogP contribution < -0.4 is 4.89 Å². The summed E-state index contributed by atoms with van der Waals surface area (Å²) >= 11 is 0. The zero-order chi connectivity index (χ0) is 12.1. The number of rotatable bonds is 3. The first-order valence-electron chi connectivity index (χ1n) is 5.26. The summed E-state index contributed by atoms with van der Waals surface area (Å²) in [5.41, 5.74) is 2.22. The first-order chi connectivity index (χ1) is 8.25. The molecule has 0 aliphatic heterocycles. The highest BCUT2D eigenvalue weighted by atomic mass is 17.2. The molecule has 2 aromatic carbocycles. The fourth-order valence-corrected chi connectivity index (χ4v) is 1.44. The Hall–Kier alpha value is -2.29. The lowest BCUT2D eigenvalue weighted by Crippen LogP contribution is -2.02. The normalized spacial score (nSPS) is 9.71. The molecule has 0 saturated heterocycles. The molecule has 0 amide bonds. The predicted octanol–water partition coefficient (Wildman–Crippen LogP) is 3.21. The van der Waals surface area contributed by atoms with Gasteiger partial charge in [-0.3, -0.25) is 9.78 Å². The lowest BCUT2D eigenvalue weighted by atomic mass is 10.1. The third kappa shape index (κ3) is 3.08. The van der Waals surface area contributed by atoms with Crippen LogP contribution in [-0.2, 0) is 9.68 Å². The van der Waals surface area contributed by atoms with Crippen molar-refractivity contribution >= 4 is 5.97 Å². The van der Waals surface area contributed by atoms with E-state index >= 15 is 0 Å². The van der Waals surface area contributed by atoms with Crippen molar-refractivity contribution in [2.75, 3.05) is 0 Å². The predicted molar refractivity (Wildman–Crippen MR) is 64.3 cm³/mol. The molecule has 0 fully saturated rings. The minimum Gasteiger partial charge on any atom is -0.287 e. The summed E-state index contributed by atoms with van der Waals surface area (Å²) in [6, 6.07) is 17.3. The van der Waals surface area contributed by atoms with Crippen molar-refractivity contribution in [3.63, 3.8) is 0 Å². The van der Waals surface area contributed by atoms with Crippen molar-refractivity contribution < 1.29 is 14.6 Å². The molecule has 3 heteroatoms. The molecule has 0 unspecified atom stereocenters. The van der Waals surface area contributed by atoms with E-state index in [1.54, 1.807) is 12.1 Å². The molecule has 2 aromatic rings. The van der Waals surface area contributed by atoms with Crippen LogP contribution in [0.3, 0.4) is 0 Å². The minimum atomic E-state index is -0.475. The number of hydrogen-bond acceptors (Lipinski definition) is 3. The lowest BCUT2D eigenvalue weighted by Gasteiger charge is -2.04. The lowest BCUT2D eigenvalue weighted by molar-refractivity contribution is -0.210. The van der Waals surface area contributed by atoms with E-state index < -0.39 is 5.97 Å². The van der Waals surface area contributed by atoms with Crippen LogP contribution >= 0.6 is 0 Å². The number of benzene rings is 2. The first kappa shape index (κ1) is 11.2. The Labute approximate surface area is 99.5 Å². The highest BCUT2D eigenvalue weighted by Crippen LogP contribution is 2.21. The van der Waals surface area contributed by atoms with Crippen molar-refractivity contribution in [3.05, 3.63) is 54.6 Å². The highest BCUT2D eigenvalue weighted by molar-refractivity contribution is 5.65. The Morgan fingerprint density at radius 2 is 1.47 bits per heavy atom. The van der Waals surface area contributed by atoms with Crippen molar-refractivity contribution in [1.29, 1.82) is 0 Å². The molecular formula is C14H12O3. The van der Waals surface area contributed by atoms with E-state index in [1.807, 2.05) is 42.5 Å². The van der Waals surface area contributed by atoms with Crippen molar-refractivity contribution in [3.8, 4) is 16.9 Å². The zero-order valence-corrected chi connectivity index (χ0v) is 9.42. The van der Waals surface area contributed by atoms with Gasteiger partial charge in [0.25, 0.3) is 0 Å². The second kappa shape index (κ2) is 5.16. The summed E-state index contributed by atoms with van der Waals surface area (Å²) in [5.74, 6) is 0.0250. The molecule has 0 atom stereocenters. The molecule has 3 nitrogen and oxygen atoms in total. The summed E-state index contributed by atoms with van der Waals surface area (Å²) in [4.78, 5) is 19.8. The van der Waals surface area contributed by atoms with Crippen LogP contribution in [-0.4, -0.2) is 5.97 Å². The fourth-order valence-electron chi connectivity index (χ4n) is 1.44. The Bertz CT molecular complexity index is 489. The molecule has 0 N–H and O–H groups in total. The second-order valence-electron chi connectivity index (χ2n) is 3.55. The summed E-state index contributed by atoms with van der Waals surface area (Å²) in [7, 11) is 0. The van der Waals surface area contributed by atoms with Crippen molar-refractivity contribution in [2.24, 2.45) is 0 Å². The molecule has 0 aliphatic rings. The van der Waals surface area contributed by atoms with Gasteiger partial charge >= 0.3 is 5.97 Å². The standard InChI is InChI=1S/C14H12O3/c1-11(15)16-17-14-9-7-13(8-10-14)12-5-3-2-4-6-12/h2-10H,1H3. The molecule has 0 saturated carbocycles. The van der Waals surface area contributed by atoms with Crippen LogP contribution in [0.25, 0.3) is 11.1 Å². The monoisotopic (exact) mass is 228 g/mol. The van der Waals surface area contributed by atoms with Gasteiger partial charge in [-0.15, -0.1) is 0 Å². The first-order valence-corrected chi connectivity index (χ1v) is 5.26. The van der Waals surface area contributed by atoms with E-state index in [0.717, 1.165) is 11.1 Å². The van der Waals surface area contributed by atoms with Crippen molar-refractivity contribution in [1.82, 2.24) is 0 Å². The van der Waals surface area contributed by atoms with Gasteiger partial charge in [-0.25, -0.2) is 4.79 Å². The zero-order valence-electron chi connectivity index (χ0n) is 9.42. The van der Waals surface area contributed by atoms with Crippen molar-refractivity contribution in [2.45, 2.75) is 6.92 Å². The molecule has 0 bridgehead atoms. The average Bonchev–Trinajstić information content (AvgIpc) is 2.38. The SMILES string of the molecule is CC(=O)OOc1ccc(-c2ccccc2)cc1.